The van der Waals surface area contributed by atoms with E-state index in [4.69, 9.17) is 16.3 Å². The van der Waals surface area contributed by atoms with E-state index in [1.165, 1.54) is 11.8 Å². The van der Waals surface area contributed by atoms with Crippen LogP contribution in [0.2, 0.25) is 5.28 Å². The third kappa shape index (κ3) is 2.49. The molecular formula is C11H13ClN4O5. The van der Waals surface area contributed by atoms with E-state index in [0.717, 1.165) is 6.20 Å². The van der Waals surface area contributed by atoms with Crippen LogP contribution in [0, 0.1) is 10.1 Å². The Morgan fingerprint density at radius 2 is 2.38 bits per heavy atom. The summed E-state index contributed by atoms with van der Waals surface area (Å²) in [6.45, 7) is 3.39. The van der Waals surface area contributed by atoms with Crippen LogP contribution in [0.4, 0.5) is 11.5 Å². The lowest BCUT2D eigenvalue weighted by Crippen LogP contribution is -2.64. The summed E-state index contributed by atoms with van der Waals surface area (Å²) in [4.78, 5) is 30.9. The van der Waals surface area contributed by atoms with E-state index < -0.39 is 28.2 Å². The molecule has 0 saturated carbocycles. The van der Waals surface area contributed by atoms with Gasteiger partial charge in [0.25, 0.3) is 0 Å². The van der Waals surface area contributed by atoms with Crippen LogP contribution in [0.5, 0.6) is 0 Å². The van der Waals surface area contributed by atoms with Crippen LogP contribution in [-0.2, 0) is 9.53 Å². The van der Waals surface area contributed by atoms with Crippen molar-refractivity contribution in [1.82, 2.24) is 9.97 Å². The summed E-state index contributed by atoms with van der Waals surface area (Å²) in [5, 5.41) is 20.5. The van der Waals surface area contributed by atoms with Gasteiger partial charge in [0.15, 0.2) is 5.54 Å². The number of hydrogen-bond donors (Lipinski definition) is 1. The van der Waals surface area contributed by atoms with Crippen LogP contribution in [0.25, 0.3) is 0 Å². The molecule has 0 aromatic carbocycles. The molecule has 0 bridgehead atoms. The lowest BCUT2D eigenvalue weighted by Gasteiger charge is -2.45. The third-order valence-electron chi connectivity index (χ3n) is 3.64. The normalized spacial score (nSPS) is 25.7. The summed E-state index contributed by atoms with van der Waals surface area (Å²) in [5.74, 6) is -1.29. The Kier molecular flexibility index (Phi) is 3.97. The maximum Gasteiger partial charge on any atom is 0.332 e. The molecule has 2 rings (SSSR count). The van der Waals surface area contributed by atoms with Crippen molar-refractivity contribution in [3.8, 4) is 0 Å². The van der Waals surface area contributed by atoms with E-state index >= 15 is 0 Å². The first-order valence-electron chi connectivity index (χ1n) is 6.08. The number of aliphatic carboxylic acids is 1. The fourth-order valence-corrected chi connectivity index (χ4v) is 2.35. The predicted molar refractivity (Wildman–Crippen MR) is 72.5 cm³/mol. The number of halogens is 1. The minimum atomic E-state index is -1.50. The molecule has 9 nitrogen and oxygen atoms in total. The molecule has 1 aromatic rings. The van der Waals surface area contributed by atoms with Gasteiger partial charge in [-0.2, -0.15) is 4.98 Å². The minimum Gasteiger partial charge on any atom is -0.479 e. The van der Waals surface area contributed by atoms with Crippen LogP contribution in [0.15, 0.2) is 6.20 Å². The Labute approximate surface area is 124 Å². The minimum absolute atomic E-state index is 0.125. The number of carboxylic acid groups (broad SMARTS) is 1. The van der Waals surface area contributed by atoms with Gasteiger partial charge in [-0.3, -0.25) is 10.1 Å². The number of morpholine rings is 1. The van der Waals surface area contributed by atoms with Crippen molar-refractivity contribution < 1.29 is 19.6 Å². The number of carbonyl (C=O) groups is 1. The molecule has 2 heterocycles. The number of nitrogens with zero attached hydrogens (tertiary/aromatic N) is 4. The zero-order valence-corrected chi connectivity index (χ0v) is 12.1. The number of nitro groups is 1. The van der Waals surface area contributed by atoms with Gasteiger partial charge in [-0.1, -0.05) is 0 Å². The van der Waals surface area contributed by atoms with E-state index in [1.807, 2.05) is 0 Å². The lowest BCUT2D eigenvalue weighted by molar-refractivity contribution is -0.384. The van der Waals surface area contributed by atoms with Crippen molar-refractivity contribution in [3.63, 3.8) is 0 Å². The molecule has 0 radical (unpaired) electrons. The molecule has 0 aliphatic carbocycles. The van der Waals surface area contributed by atoms with E-state index in [9.17, 15) is 20.0 Å². The molecule has 21 heavy (non-hydrogen) atoms. The van der Waals surface area contributed by atoms with Crippen LogP contribution >= 0.6 is 11.6 Å². The molecule has 10 heteroatoms. The average molecular weight is 317 g/mol. The highest BCUT2D eigenvalue weighted by molar-refractivity contribution is 6.28. The monoisotopic (exact) mass is 316 g/mol. The van der Waals surface area contributed by atoms with Gasteiger partial charge in [-0.25, -0.2) is 9.78 Å². The number of aromatic nitrogens is 2. The highest BCUT2D eigenvalue weighted by Gasteiger charge is 2.50. The Bertz CT molecular complexity index is 598. The third-order valence-corrected chi connectivity index (χ3v) is 3.82. The van der Waals surface area contributed by atoms with E-state index in [-0.39, 0.29) is 24.3 Å². The summed E-state index contributed by atoms with van der Waals surface area (Å²) in [7, 11) is 0. The number of rotatable bonds is 3. The van der Waals surface area contributed by atoms with Crippen molar-refractivity contribution in [2.75, 3.05) is 18.1 Å². The SMILES string of the molecule is CC1OCCN(c2nc(Cl)ncc2[N+](=O)[O-])C1(C)C(=O)O. The first-order chi connectivity index (χ1) is 9.78. The number of anilines is 1. The molecule has 114 valence electrons. The van der Waals surface area contributed by atoms with Crippen LogP contribution in [0.3, 0.4) is 0 Å². The highest BCUT2D eigenvalue weighted by atomic mass is 35.5. The maximum absolute atomic E-state index is 11.7. The second-order valence-electron chi connectivity index (χ2n) is 4.72. The Morgan fingerprint density at radius 1 is 1.71 bits per heavy atom. The van der Waals surface area contributed by atoms with Crippen molar-refractivity contribution in [1.29, 1.82) is 0 Å². The van der Waals surface area contributed by atoms with Crippen molar-refractivity contribution in [3.05, 3.63) is 21.6 Å². The largest absolute Gasteiger partial charge is 0.479 e. The van der Waals surface area contributed by atoms with Crippen LogP contribution in [0.1, 0.15) is 13.8 Å². The van der Waals surface area contributed by atoms with Gasteiger partial charge < -0.3 is 14.7 Å². The second kappa shape index (κ2) is 5.41. The standard InChI is InChI=1S/C11H13ClN4O5/c1-6-11(2,9(17)18)15(3-4-21-6)8-7(16(19)20)5-13-10(12)14-8/h5-6H,3-4H2,1-2H3,(H,17,18). The Balaban J connectivity index is 2.60. The lowest BCUT2D eigenvalue weighted by atomic mass is 9.91. The fraction of sp³-hybridized carbons (Fsp3) is 0.545. The number of ether oxygens (including phenoxy) is 1. The summed E-state index contributed by atoms with van der Waals surface area (Å²) in [6, 6.07) is 0. The molecule has 1 aliphatic heterocycles. The Morgan fingerprint density at radius 3 is 2.95 bits per heavy atom. The molecule has 1 N–H and O–H groups in total. The summed E-state index contributed by atoms with van der Waals surface area (Å²) < 4.78 is 5.37. The zero-order valence-electron chi connectivity index (χ0n) is 11.3. The summed E-state index contributed by atoms with van der Waals surface area (Å²) >= 11 is 5.70. The van der Waals surface area contributed by atoms with Gasteiger partial charge >= 0.3 is 11.7 Å². The molecule has 0 spiro atoms. The van der Waals surface area contributed by atoms with Gasteiger partial charge in [0, 0.05) is 6.54 Å². The van der Waals surface area contributed by atoms with Crippen molar-refractivity contribution in [2.24, 2.45) is 0 Å². The van der Waals surface area contributed by atoms with Gasteiger partial charge in [-0.05, 0) is 25.4 Å². The fourth-order valence-electron chi connectivity index (χ4n) is 2.22. The molecule has 1 fully saturated rings. The van der Waals surface area contributed by atoms with Crippen LogP contribution < -0.4 is 4.90 Å². The number of carboxylic acids is 1. The molecule has 2 atom stereocenters. The van der Waals surface area contributed by atoms with Gasteiger partial charge in [0.2, 0.25) is 11.1 Å². The molecule has 0 amide bonds. The van der Waals surface area contributed by atoms with Crippen molar-refractivity contribution >= 4 is 29.1 Å². The zero-order chi connectivity index (χ0) is 15.8. The molecule has 1 aromatic heterocycles. The molecule has 1 aliphatic rings. The van der Waals surface area contributed by atoms with Crippen LogP contribution in [-0.4, -0.2) is 50.8 Å². The second-order valence-corrected chi connectivity index (χ2v) is 5.06. The topological polar surface area (TPSA) is 119 Å². The highest BCUT2D eigenvalue weighted by Crippen LogP contribution is 2.35. The summed E-state index contributed by atoms with van der Waals surface area (Å²) in [6.07, 6.45) is 0.282. The average Bonchev–Trinajstić information content (AvgIpc) is 2.41. The predicted octanol–water partition coefficient (Wildman–Crippen LogP) is 1.11. The molecular weight excluding hydrogens is 304 g/mol. The Hall–Kier alpha value is -2.00. The van der Waals surface area contributed by atoms with E-state index in [2.05, 4.69) is 9.97 Å². The quantitative estimate of drug-likeness (QED) is 0.500. The van der Waals surface area contributed by atoms with E-state index in [1.54, 1.807) is 6.92 Å². The first kappa shape index (κ1) is 15.4. The molecule has 1 saturated heterocycles. The first-order valence-corrected chi connectivity index (χ1v) is 6.45. The van der Waals surface area contributed by atoms with Gasteiger partial charge in [-0.15, -0.1) is 0 Å². The number of hydrogen-bond acceptors (Lipinski definition) is 7. The molecule has 2 unspecified atom stereocenters. The maximum atomic E-state index is 11.7. The smallest absolute Gasteiger partial charge is 0.332 e. The van der Waals surface area contributed by atoms with Gasteiger partial charge in [0.1, 0.15) is 6.20 Å². The van der Waals surface area contributed by atoms with Gasteiger partial charge in [0.05, 0.1) is 17.6 Å². The van der Waals surface area contributed by atoms with Crippen molar-refractivity contribution in [2.45, 2.75) is 25.5 Å². The summed E-state index contributed by atoms with van der Waals surface area (Å²) in [5.41, 5.74) is -1.90. The van der Waals surface area contributed by atoms with E-state index in [0.29, 0.717) is 0 Å².